The molecule has 4 radical (unpaired) electrons. The van der Waals surface area contributed by atoms with E-state index in [1.54, 1.807) is 24.2 Å². The van der Waals surface area contributed by atoms with Crippen LogP contribution in [0.1, 0.15) is 32.5 Å². The molecule has 1 saturated heterocycles. The number of hydrogen-bond acceptors (Lipinski definition) is 5. The molecule has 1 aromatic carbocycles. The number of urea groups is 1. The van der Waals surface area contributed by atoms with Gasteiger partial charge in [-0.1, -0.05) is 43.6 Å². The summed E-state index contributed by atoms with van der Waals surface area (Å²) in [6, 6.07) is 12.3. The lowest BCUT2D eigenvalue weighted by molar-refractivity contribution is 0.221. The van der Waals surface area contributed by atoms with E-state index in [0.717, 1.165) is 16.8 Å². The molecule has 1 N–H and O–H groups in total. The third-order valence-corrected chi connectivity index (χ3v) is 6.31. The molecule has 1 fully saturated rings. The van der Waals surface area contributed by atoms with Crippen molar-refractivity contribution in [3.8, 4) is 11.1 Å². The van der Waals surface area contributed by atoms with Crippen LogP contribution in [0.25, 0.3) is 11.1 Å². The van der Waals surface area contributed by atoms with Crippen molar-refractivity contribution in [2.75, 3.05) is 17.3 Å². The summed E-state index contributed by atoms with van der Waals surface area (Å²) < 4.78 is 0. The van der Waals surface area contributed by atoms with E-state index >= 15 is 0 Å². The van der Waals surface area contributed by atoms with Crippen molar-refractivity contribution in [3.05, 3.63) is 65.6 Å². The Morgan fingerprint density at radius 3 is 2.50 bits per heavy atom. The SMILES string of the molecule is [B]C1([B])C(C(C)C)N(c2ccnc(N[C@@H](C)c3ccc(-c4cccc(Cl)c4)cn3)n2)C(=O)N1C. The third kappa shape index (κ3) is 4.49. The predicted molar refractivity (Wildman–Crippen MR) is 137 cm³/mol. The number of likely N-dealkylation sites (N-methyl/N-ethyl adjacent to an activating group) is 1. The van der Waals surface area contributed by atoms with Gasteiger partial charge in [0.15, 0.2) is 0 Å². The number of nitrogens with zero attached hydrogens (tertiary/aromatic N) is 5. The molecule has 0 bridgehead atoms. The molecule has 2 aromatic heterocycles. The molecule has 7 nitrogen and oxygen atoms in total. The van der Waals surface area contributed by atoms with Crippen LogP contribution >= 0.6 is 11.6 Å². The lowest BCUT2D eigenvalue weighted by Gasteiger charge is -2.37. The maximum atomic E-state index is 13.0. The monoisotopic (exact) mass is 470 g/mol. The summed E-state index contributed by atoms with van der Waals surface area (Å²) in [4.78, 5) is 29.3. The molecule has 1 unspecified atom stereocenters. The summed E-state index contributed by atoms with van der Waals surface area (Å²) in [5.41, 5.74) is 2.79. The number of aromatic nitrogens is 3. The number of halogens is 1. The average molecular weight is 471 g/mol. The Bertz CT molecular complexity index is 1190. The Morgan fingerprint density at radius 1 is 1.09 bits per heavy atom. The molecule has 2 amide bonds. The van der Waals surface area contributed by atoms with Crippen molar-refractivity contribution in [2.45, 2.75) is 38.2 Å². The fraction of sp³-hybridized carbons (Fsp3) is 0.333. The van der Waals surface area contributed by atoms with Gasteiger partial charge in [-0.05, 0) is 48.0 Å². The summed E-state index contributed by atoms with van der Waals surface area (Å²) in [6.45, 7) is 5.91. The summed E-state index contributed by atoms with van der Waals surface area (Å²) in [5, 5.41) is 2.63. The quantitative estimate of drug-likeness (QED) is 0.545. The van der Waals surface area contributed by atoms with Crippen LogP contribution < -0.4 is 10.2 Å². The van der Waals surface area contributed by atoms with Crippen molar-refractivity contribution < 1.29 is 4.79 Å². The van der Waals surface area contributed by atoms with Gasteiger partial charge in [-0.3, -0.25) is 9.88 Å². The van der Waals surface area contributed by atoms with Crippen LogP contribution in [0.5, 0.6) is 0 Å². The van der Waals surface area contributed by atoms with Gasteiger partial charge in [0.1, 0.15) is 5.82 Å². The highest BCUT2D eigenvalue weighted by Gasteiger charge is 2.50. The zero-order valence-electron chi connectivity index (χ0n) is 19.6. The van der Waals surface area contributed by atoms with Gasteiger partial charge < -0.3 is 10.2 Å². The van der Waals surface area contributed by atoms with E-state index in [-0.39, 0.29) is 18.0 Å². The molecule has 170 valence electrons. The van der Waals surface area contributed by atoms with Gasteiger partial charge in [0.25, 0.3) is 0 Å². The number of pyridine rings is 1. The topological polar surface area (TPSA) is 74.2 Å². The first kappa shape index (κ1) is 24.1. The van der Waals surface area contributed by atoms with Gasteiger partial charge >= 0.3 is 6.03 Å². The standard InChI is InChI=1S/C24H25B2ClN6O/c1-14(2)21-24(25,26)32(4)23(34)33(21)20-10-11-28-22(31-20)30-15(3)19-9-8-17(13-29-19)16-6-5-7-18(27)12-16/h5-15,21H,1-4H3,(H,28,30,31)/t15-,21?/m0/s1. The fourth-order valence-electron chi connectivity index (χ4n) is 4.24. The summed E-state index contributed by atoms with van der Waals surface area (Å²) in [5.74, 6) is 0.814. The number of rotatable bonds is 6. The molecule has 2 atom stereocenters. The van der Waals surface area contributed by atoms with Crippen molar-refractivity contribution in [2.24, 2.45) is 5.92 Å². The van der Waals surface area contributed by atoms with E-state index in [1.807, 2.05) is 63.4 Å². The summed E-state index contributed by atoms with van der Waals surface area (Å²) in [6.07, 6.45) is 3.41. The minimum atomic E-state index is -1.31. The molecule has 3 aromatic rings. The molecule has 0 saturated carbocycles. The van der Waals surface area contributed by atoms with E-state index in [0.29, 0.717) is 16.8 Å². The zero-order chi connectivity index (χ0) is 24.6. The van der Waals surface area contributed by atoms with E-state index in [1.165, 1.54) is 4.90 Å². The number of amides is 2. The Hall–Kier alpha value is -3.06. The predicted octanol–water partition coefficient (Wildman–Crippen LogP) is 4.25. The second-order valence-corrected chi connectivity index (χ2v) is 9.31. The summed E-state index contributed by atoms with van der Waals surface area (Å²) >= 11 is 6.10. The lowest BCUT2D eigenvalue weighted by Crippen LogP contribution is -2.54. The van der Waals surface area contributed by atoms with E-state index < -0.39 is 11.4 Å². The number of benzene rings is 1. The first-order chi connectivity index (χ1) is 16.1. The normalized spacial score (nSPS) is 18.4. The largest absolute Gasteiger partial charge is 0.346 e. The van der Waals surface area contributed by atoms with E-state index in [2.05, 4.69) is 20.3 Å². The lowest BCUT2D eigenvalue weighted by atomic mass is 9.55. The molecule has 1 aliphatic rings. The van der Waals surface area contributed by atoms with Crippen LogP contribution in [0, 0.1) is 5.92 Å². The number of nitrogens with one attached hydrogen (secondary N) is 1. The highest BCUT2D eigenvalue weighted by atomic mass is 35.5. The van der Waals surface area contributed by atoms with Crippen LogP contribution in [0.2, 0.25) is 5.02 Å². The van der Waals surface area contributed by atoms with Gasteiger partial charge in [0, 0.05) is 36.1 Å². The maximum absolute atomic E-state index is 13.0. The smallest absolute Gasteiger partial charge is 0.324 e. The Morgan fingerprint density at radius 2 is 1.85 bits per heavy atom. The maximum Gasteiger partial charge on any atom is 0.324 e. The molecule has 1 aliphatic heterocycles. The molecule has 3 heterocycles. The Kier molecular flexibility index (Phi) is 6.58. The second kappa shape index (κ2) is 9.29. The fourth-order valence-corrected chi connectivity index (χ4v) is 4.44. The number of carbonyl (C=O) groups excluding carboxylic acids is 1. The highest BCUT2D eigenvalue weighted by Crippen LogP contribution is 2.35. The van der Waals surface area contributed by atoms with E-state index in [4.69, 9.17) is 27.3 Å². The average Bonchev–Trinajstić information content (AvgIpc) is 2.99. The minimum Gasteiger partial charge on any atom is -0.346 e. The Balaban J connectivity index is 1.54. The number of hydrogen-bond donors (Lipinski definition) is 1. The second-order valence-electron chi connectivity index (χ2n) is 8.87. The zero-order valence-corrected chi connectivity index (χ0v) is 20.4. The Labute approximate surface area is 207 Å². The van der Waals surface area contributed by atoms with Crippen molar-refractivity contribution in [1.82, 2.24) is 19.9 Å². The molecule has 34 heavy (non-hydrogen) atoms. The minimum absolute atomic E-state index is 0.0106. The van der Waals surface area contributed by atoms with Gasteiger partial charge in [-0.2, -0.15) is 4.98 Å². The summed E-state index contributed by atoms with van der Waals surface area (Å²) in [7, 11) is 14.2. The highest BCUT2D eigenvalue weighted by molar-refractivity contribution is 6.43. The van der Waals surface area contributed by atoms with Crippen molar-refractivity contribution in [1.29, 1.82) is 0 Å². The van der Waals surface area contributed by atoms with Crippen LogP contribution in [0.4, 0.5) is 16.6 Å². The van der Waals surface area contributed by atoms with Gasteiger partial charge in [-0.15, -0.1) is 0 Å². The molecular weight excluding hydrogens is 445 g/mol. The number of carbonyl (C=O) groups is 1. The first-order valence-corrected chi connectivity index (χ1v) is 11.4. The van der Waals surface area contributed by atoms with Crippen LogP contribution in [-0.4, -0.2) is 60.0 Å². The molecule has 0 aliphatic carbocycles. The van der Waals surface area contributed by atoms with Crippen molar-refractivity contribution >= 4 is 45.1 Å². The van der Waals surface area contributed by atoms with Gasteiger partial charge in [-0.25, -0.2) is 9.78 Å². The number of anilines is 2. The van der Waals surface area contributed by atoms with Crippen LogP contribution in [0.15, 0.2) is 54.9 Å². The van der Waals surface area contributed by atoms with Crippen molar-refractivity contribution in [3.63, 3.8) is 0 Å². The van der Waals surface area contributed by atoms with Crippen LogP contribution in [-0.2, 0) is 0 Å². The first-order valence-electron chi connectivity index (χ1n) is 11.1. The molecule has 0 spiro atoms. The molecular formula is C24H25B2ClN6O. The molecule has 4 rings (SSSR count). The van der Waals surface area contributed by atoms with E-state index in [9.17, 15) is 4.79 Å². The molecule has 10 heteroatoms. The van der Waals surface area contributed by atoms with Gasteiger partial charge in [0.05, 0.1) is 27.4 Å². The van der Waals surface area contributed by atoms with Crippen LogP contribution in [0.3, 0.4) is 0 Å². The third-order valence-electron chi connectivity index (χ3n) is 6.08. The van der Waals surface area contributed by atoms with Gasteiger partial charge in [0.2, 0.25) is 5.95 Å².